The summed E-state index contributed by atoms with van der Waals surface area (Å²) in [6, 6.07) is 0.471. The molecule has 1 saturated heterocycles. The predicted molar refractivity (Wildman–Crippen MR) is 75.3 cm³/mol. The fourth-order valence-corrected chi connectivity index (χ4v) is 5.28. The highest BCUT2D eigenvalue weighted by Crippen LogP contribution is 2.47. The zero-order valence-electron chi connectivity index (χ0n) is 12.4. The number of amides is 1. The second-order valence-corrected chi connectivity index (χ2v) is 8.18. The minimum absolute atomic E-state index is 0.0592. The summed E-state index contributed by atoms with van der Waals surface area (Å²) in [6.45, 7) is 0.0592. The van der Waals surface area contributed by atoms with Crippen LogP contribution >= 0.6 is 0 Å². The Morgan fingerprint density at radius 3 is 2.54 bits per heavy atom. The molecule has 0 bridgehead atoms. The van der Waals surface area contributed by atoms with Crippen LogP contribution in [0.1, 0.15) is 30.5 Å². The minimum atomic E-state index is -4.88. The number of nitrogens with one attached hydrogen (secondary N) is 1. The summed E-state index contributed by atoms with van der Waals surface area (Å²) in [6.07, 6.45) is -3.19. The van der Waals surface area contributed by atoms with Crippen molar-refractivity contribution in [2.45, 2.75) is 31.9 Å². The molecule has 1 spiro atoms. The number of alkyl halides is 3. The Bertz CT molecular complexity index is 843. The van der Waals surface area contributed by atoms with E-state index in [4.69, 9.17) is 0 Å². The normalized spacial score (nSPS) is 21.7. The van der Waals surface area contributed by atoms with E-state index < -0.39 is 45.1 Å². The van der Waals surface area contributed by atoms with E-state index >= 15 is 0 Å². The van der Waals surface area contributed by atoms with Crippen LogP contribution in [0, 0.1) is 5.41 Å². The lowest BCUT2D eigenvalue weighted by Crippen LogP contribution is -2.38. The van der Waals surface area contributed by atoms with Gasteiger partial charge in [0.15, 0.2) is 0 Å². The number of carbonyl (C=O) groups is 1. The highest BCUT2D eigenvalue weighted by Gasteiger charge is 2.52. The molecule has 7 nitrogen and oxygen atoms in total. The van der Waals surface area contributed by atoms with Gasteiger partial charge in [-0.05, 0) is 18.9 Å². The number of sulfonamides is 1. The van der Waals surface area contributed by atoms with Gasteiger partial charge in [-0.15, -0.1) is 0 Å². The lowest BCUT2D eigenvalue weighted by atomic mass is 9.70. The average Bonchev–Trinajstić information content (AvgIpc) is 2.72. The summed E-state index contributed by atoms with van der Waals surface area (Å²) < 4.78 is 63.1. The molecule has 24 heavy (non-hydrogen) atoms. The van der Waals surface area contributed by atoms with Gasteiger partial charge in [0, 0.05) is 12.0 Å². The van der Waals surface area contributed by atoms with Crippen molar-refractivity contribution in [3.8, 4) is 0 Å². The van der Waals surface area contributed by atoms with Crippen molar-refractivity contribution < 1.29 is 26.4 Å². The van der Waals surface area contributed by atoms with E-state index in [2.05, 4.69) is 5.10 Å². The molecule has 0 unspecified atom stereocenters. The zero-order valence-corrected chi connectivity index (χ0v) is 13.2. The molecule has 1 amide bonds. The van der Waals surface area contributed by atoms with Gasteiger partial charge in [0.25, 0.3) is 5.56 Å². The van der Waals surface area contributed by atoms with Gasteiger partial charge in [0.1, 0.15) is 5.56 Å². The highest BCUT2D eigenvalue weighted by molar-refractivity contribution is 7.89. The molecular formula is C13H14F3N3O4S. The van der Waals surface area contributed by atoms with E-state index in [1.807, 2.05) is 0 Å². The Morgan fingerprint density at radius 1 is 1.38 bits per heavy atom. The fourth-order valence-electron chi connectivity index (χ4n) is 3.13. The maximum Gasteiger partial charge on any atom is 0.421 e. The summed E-state index contributed by atoms with van der Waals surface area (Å²) in [7, 11) is -3.76. The molecule has 132 valence electrons. The first kappa shape index (κ1) is 16.9. The molecule has 2 aliphatic rings. The van der Waals surface area contributed by atoms with Crippen molar-refractivity contribution in [1.82, 2.24) is 14.5 Å². The number of H-pyrrole nitrogens is 1. The van der Waals surface area contributed by atoms with Gasteiger partial charge in [0.2, 0.25) is 15.9 Å². The Morgan fingerprint density at radius 2 is 2.04 bits per heavy atom. The van der Waals surface area contributed by atoms with Crippen molar-refractivity contribution in [2.75, 3.05) is 12.3 Å². The SMILES string of the molecule is O=C(Cc1cc(C(F)(F)F)c(=O)[nH]n1)N1CC2(CCC2)CS1(=O)=O. The number of carbonyl (C=O) groups excluding carboxylic acids is 1. The molecule has 1 aromatic rings. The molecule has 2 fully saturated rings. The number of rotatable bonds is 2. The minimum Gasteiger partial charge on any atom is -0.273 e. The van der Waals surface area contributed by atoms with Crippen LogP contribution in [0.25, 0.3) is 0 Å². The monoisotopic (exact) mass is 365 g/mol. The second kappa shape index (κ2) is 5.30. The van der Waals surface area contributed by atoms with E-state index in [9.17, 15) is 31.2 Å². The van der Waals surface area contributed by atoms with Crippen LogP contribution < -0.4 is 5.56 Å². The number of hydrogen-bond donors (Lipinski definition) is 1. The largest absolute Gasteiger partial charge is 0.421 e. The van der Waals surface area contributed by atoms with Crippen molar-refractivity contribution in [1.29, 1.82) is 0 Å². The van der Waals surface area contributed by atoms with Gasteiger partial charge < -0.3 is 0 Å². The zero-order chi connectivity index (χ0) is 17.8. The molecule has 1 aliphatic heterocycles. The summed E-state index contributed by atoms with van der Waals surface area (Å²) in [5.41, 5.74) is -3.64. The fraction of sp³-hybridized carbons (Fsp3) is 0.615. The van der Waals surface area contributed by atoms with Crippen LogP contribution in [0.2, 0.25) is 0 Å². The first-order chi connectivity index (χ1) is 11.0. The maximum absolute atomic E-state index is 12.7. The summed E-state index contributed by atoms with van der Waals surface area (Å²) in [5.74, 6) is -0.954. The standard InChI is InChI=1S/C13H14F3N3O4S/c14-13(15,16)9-4-8(17-18-11(9)21)5-10(20)19-6-12(2-1-3-12)7-24(19,22)23/h4H,1-3,5-7H2,(H,18,21). The lowest BCUT2D eigenvalue weighted by molar-refractivity contribution is -0.139. The number of aromatic nitrogens is 2. The van der Waals surface area contributed by atoms with Crippen LogP contribution in [0.3, 0.4) is 0 Å². The number of hydrogen-bond acceptors (Lipinski definition) is 5. The maximum atomic E-state index is 12.7. The van der Waals surface area contributed by atoms with Crippen molar-refractivity contribution in [3.63, 3.8) is 0 Å². The van der Waals surface area contributed by atoms with Crippen molar-refractivity contribution >= 4 is 15.9 Å². The summed E-state index contributed by atoms with van der Waals surface area (Å²) >= 11 is 0. The molecule has 2 heterocycles. The Hall–Kier alpha value is -1.91. The first-order valence-corrected chi connectivity index (χ1v) is 8.82. The van der Waals surface area contributed by atoms with E-state index in [0.717, 1.165) is 10.7 Å². The number of nitrogens with zero attached hydrogens (tertiary/aromatic N) is 2. The van der Waals surface area contributed by atoms with Gasteiger partial charge in [-0.1, -0.05) is 6.42 Å². The molecule has 3 rings (SSSR count). The molecule has 0 aromatic carbocycles. The van der Waals surface area contributed by atoms with Gasteiger partial charge in [-0.3, -0.25) is 9.59 Å². The predicted octanol–water partition coefficient (Wildman–Crippen LogP) is 0.673. The molecule has 1 saturated carbocycles. The van der Waals surface area contributed by atoms with E-state index in [-0.39, 0.29) is 18.0 Å². The Kier molecular flexibility index (Phi) is 3.74. The third-order valence-electron chi connectivity index (χ3n) is 4.49. The molecule has 1 N–H and O–H groups in total. The van der Waals surface area contributed by atoms with Gasteiger partial charge in [-0.2, -0.15) is 18.3 Å². The molecule has 1 aliphatic carbocycles. The number of aromatic amines is 1. The molecule has 11 heteroatoms. The molecule has 1 aromatic heterocycles. The van der Waals surface area contributed by atoms with E-state index in [1.54, 1.807) is 5.10 Å². The average molecular weight is 365 g/mol. The second-order valence-electron chi connectivity index (χ2n) is 6.29. The molecule has 0 atom stereocenters. The quantitative estimate of drug-likeness (QED) is 0.830. The first-order valence-electron chi connectivity index (χ1n) is 7.22. The third kappa shape index (κ3) is 2.92. The molecule has 0 radical (unpaired) electrons. The van der Waals surface area contributed by atoms with Gasteiger partial charge in [-0.25, -0.2) is 17.8 Å². The molecular weight excluding hydrogens is 351 g/mol. The topological polar surface area (TPSA) is 100 Å². The highest BCUT2D eigenvalue weighted by atomic mass is 32.2. The van der Waals surface area contributed by atoms with Gasteiger partial charge >= 0.3 is 6.18 Å². The summed E-state index contributed by atoms with van der Waals surface area (Å²) in [4.78, 5) is 23.4. The van der Waals surface area contributed by atoms with Crippen LogP contribution in [0.4, 0.5) is 13.2 Å². The van der Waals surface area contributed by atoms with Crippen molar-refractivity contribution in [3.05, 3.63) is 27.7 Å². The lowest BCUT2D eigenvalue weighted by Gasteiger charge is -2.36. The van der Waals surface area contributed by atoms with Crippen LogP contribution in [-0.2, 0) is 27.4 Å². The van der Waals surface area contributed by atoms with Crippen LogP contribution in [0.5, 0.6) is 0 Å². The van der Waals surface area contributed by atoms with Gasteiger partial charge in [0.05, 0.1) is 17.9 Å². The smallest absolute Gasteiger partial charge is 0.273 e. The summed E-state index contributed by atoms with van der Waals surface area (Å²) in [5, 5.41) is 5.09. The van der Waals surface area contributed by atoms with Crippen LogP contribution in [-0.4, -0.2) is 41.1 Å². The Labute approximate surface area is 134 Å². The third-order valence-corrected chi connectivity index (χ3v) is 6.47. The van der Waals surface area contributed by atoms with Crippen molar-refractivity contribution in [2.24, 2.45) is 5.41 Å². The number of halogens is 3. The Balaban J connectivity index is 1.82. The van der Waals surface area contributed by atoms with Crippen LogP contribution in [0.15, 0.2) is 10.9 Å². The van der Waals surface area contributed by atoms with E-state index in [0.29, 0.717) is 18.9 Å². The van der Waals surface area contributed by atoms with E-state index in [1.165, 1.54) is 0 Å².